The van der Waals surface area contributed by atoms with Gasteiger partial charge in [-0.2, -0.15) is 9.97 Å². The zero-order valence-corrected chi connectivity index (χ0v) is 16.8. The van der Waals surface area contributed by atoms with Crippen LogP contribution in [0.4, 0.5) is 5.82 Å². The van der Waals surface area contributed by atoms with Gasteiger partial charge >= 0.3 is 0 Å². The minimum absolute atomic E-state index is 0.0851. The molecule has 0 atom stereocenters. The van der Waals surface area contributed by atoms with Crippen LogP contribution in [0.2, 0.25) is 5.28 Å². The summed E-state index contributed by atoms with van der Waals surface area (Å²) in [4.78, 5) is 19.2. The standard InChI is InChI=1S/C18H16ClN5O4S/c19-18-22-15-14(16(23-18)24-3-5-29(25)6-4-24)20-9-21-17(15)26-8-11-1-2-12-13(7-11)28-10-27-12/h1-2,7,9H,3-6,8,10H2. The lowest BCUT2D eigenvalue weighted by Crippen LogP contribution is -2.38. The predicted molar refractivity (Wildman–Crippen MR) is 107 cm³/mol. The lowest BCUT2D eigenvalue weighted by molar-refractivity contribution is 0.174. The molecule has 9 nitrogen and oxygen atoms in total. The summed E-state index contributed by atoms with van der Waals surface area (Å²) in [6.07, 6.45) is 1.42. The summed E-state index contributed by atoms with van der Waals surface area (Å²) in [5.74, 6) is 3.50. The molecular weight excluding hydrogens is 418 g/mol. The van der Waals surface area contributed by atoms with Crippen molar-refractivity contribution in [1.82, 2.24) is 19.9 Å². The van der Waals surface area contributed by atoms with Gasteiger partial charge in [0.05, 0.1) is 0 Å². The third-order valence-corrected chi connectivity index (χ3v) is 6.14. The molecule has 5 rings (SSSR count). The highest BCUT2D eigenvalue weighted by Crippen LogP contribution is 2.33. The maximum absolute atomic E-state index is 11.7. The van der Waals surface area contributed by atoms with E-state index in [9.17, 15) is 4.21 Å². The number of anilines is 1. The van der Waals surface area contributed by atoms with E-state index < -0.39 is 10.8 Å². The molecule has 0 saturated carbocycles. The molecule has 1 saturated heterocycles. The molecule has 1 fully saturated rings. The molecule has 0 amide bonds. The first-order valence-corrected chi connectivity index (χ1v) is 10.8. The Morgan fingerprint density at radius 3 is 2.79 bits per heavy atom. The number of rotatable bonds is 4. The first kappa shape index (κ1) is 18.3. The summed E-state index contributed by atoms with van der Waals surface area (Å²) in [6.45, 7) is 1.72. The Bertz CT molecular complexity index is 1110. The van der Waals surface area contributed by atoms with Crippen LogP contribution in [0.15, 0.2) is 24.5 Å². The van der Waals surface area contributed by atoms with Crippen LogP contribution in [-0.4, -0.2) is 55.5 Å². The van der Waals surface area contributed by atoms with Gasteiger partial charge in [0.15, 0.2) is 22.8 Å². The summed E-state index contributed by atoms with van der Waals surface area (Å²) in [5.41, 5.74) is 1.90. The van der Waals surface area contributed by atoms with Crippen LogP contribution in [0.25, 0.3) is 11.0 Å². The topological polar surface area (TPSA) is 99.6 Å². The third-order valence-electron chi connectivity index (χ3n) is 4.69. The lowest BCUT2D eigenvalue weighted by atomic mass is 10.2. The minimum Gasteiger partial charge on any atom is -0.471 e. The molecule has 0 bridgehead atoms. The summed E-state index contributed by atoms with van der Waals surface area (Å²) in [5, 5.41) is 0.0851. The summed E-state index contributed by atoms with van der Waals surface area (Å²) >= 11 is 6.17. The zero-order valence-electron chi connectivity index (χ0n) is 15.2. The monoisotopic (exact) mass is 433 g/mol. The van der Waals surface area contributed by atoms with Crippen LogP contribution < -0.4 is 19.1 Å². The second kappa shape index (κ2) is 7.60. The molecule has 0 N–H and O–H groups in total. The number of hydrogen-bond acceptors (Lipinski definition) is 9. The van der Waals surface area contributed by atoms with Crippen molar-refractivity contribution in [3.8, 4) is 17.4 Å². The van der Waals surface area contributed by atoms with Crippen LogP contribution in [0.3, 0.4) is 0 Å². The first-order chi connectivity index (χ1) is 14.2. The van der Waals surface area contributed by atoms with Gasteiger partial charge in [0, 0.05) is 35.4 Å². The Morgan fingerprint density at radius 1 is 1.10 bits per heavy atom. The van der Waals surface area contributed by atoms with Crippen molar-refractivity contribution < 1.29 is 18.4 Å². The van der Waals surface area contributed by atoms with E-state index in [1.807, 2.05) is 23.1 Å². The van der Waals surface area contributed by atoms with Gasteiger partial charge in [0.25, 0.3) is 0 Å². The number of aromatic nitrogens is 4. The average Bonchev–Trinajstić information content (AvgIpc) is 3.20. The van der Waals surface area contributed by atoms with Gasteiger partial charge in [0.1, 0.15) is 18.5 Å². The van der Waals surface area contributed by atoms with Crippen molar-refractivity contribution >= 4 is 39.3 Å². The minimum atomic E-state index is -0.797. The Labute approximate surface area is 173 Å². The number of benzene rings is 1. The van der Waals surface area contributed by atoms with E-state index >= 15 is 0 Å². The first-order valence-electron chi connectivity index (χ1n) is 8.97. The normalized spacial score (nSPS) is 16.4. The van der Waals surface area contributed by atoms with Crippen LogP contribution in [0, 0.1) is 0 Å². The number of nitrogens with zero attached hydrogens (tertiary/aromatic N) is 5. The van der Waals surface area contributed by atoms with Crippen molar-refractivity contribution in [2.45, 2.75) is 6.61 Å². The smallest absolute Gasteiger partial charge is 0.244 e. The van der Waals surface area contributed by atoms with E-state index in [2.05, 4.69) is 19.9 Å². The van der Waals surface area contributed by atoms with E-state index in [4.69, 9.17) is 25.8 Å². The Kier molecular flexibility index (Phi) is 4.80. The highest BCUT2D eigenvalue weighted by molar-refractivity contribution is 7.85. The van der Waals surface area contributed by atoms with E-state index in [1.165, 1.54) is 6.33 Å². The average molecular weight is 434 g/mol. The molecule has 0 aliphatic carbocycles. The maximum atomic E-state index is 11.7. The molecule has 4 heterocycles. The van der Waals surface area contributed by atoms with Gasteiger partial charge in [-0.3, -0.25) is 4.21 Å². The van der Waals surface area contributed by atoms with E-state index in [0.717, 1.165) is 5.56 Å². The van der Waals surface area contributed by atoms with Crippen molar-refractivity contribution in [1.29, 1.82) is 0 Å². The SMILES string of the molecule is O=S1CCN(c2nc(Cl)nc3c(OCc4ccc5c(c4)OCO5)ncnc23)CC1. The largest absolute Gasteiger partial charge is 0.471 e. The van der Waals surface area contributed by atoms with Gasteiger partial charge in [-0.25, -0.2) is 9.97 Å². The summed E-state index contributed by atoms with van der Waals surface area (Å²) in [7, 11) is -0.797. The van der Waals surface area contributed by atoms with Crippen LogP contribution in [-0.2, 0) is 17.4 Å². The molecule has 29 heavy (non-hydrogen) atoms. The maximum Gasteiger partial charge on any atom is 0.244 e. The number of halogens is 1. The lowest BCUT2D eigenvalue weighted by Gasteiger charge is -2.27. The molecule has 0 radical (unpaired) electrons. The van der Waals surface area contributed by atoms with Crippen molar-refractivity contribution in [2.24, 2.45) is 0 Å². The second-order valence-electron chi connectivity index (χ2n) is 6.50. The molecule has 2 aliphatic heterocycles. The van der Waals surface area contributed by atoms with Gasteiger partial charge < -0.3 is 19.1 Å². The fraction of sp³-hybridized carbons (Fsp3) is 0.333. The van der Waals surface area contributed by atoms with E-state index in [-0.39, 0.29) is 18.7 Å². The Balaban J connectivity index is 1.44. The van der Waals surface area contributed by atoms with Crippen molar-refractivity contribution in [3.05, 3.63) is 35.4 Å². The van der Waals surface area contributed by atoms with Gasteiger partial charge in [0.2, 0.25) is 18.0 Å². The van der Waals surface area contributed by atoms with E-state index in [1.54, 1.807) is 0 Å². The highest BCUT2D eigenvalue weighted by atomic mass is 35.5. The van der Waals surface area contributed by atoms with Gasteiger partial charge in [-0.05, 0) is 29.3 Å². The molecule has 2 aromatic heterocycles. The van der Waals surface area contributed by atoms with Crippen LogP contribution in [0.5, 0.6) is 17.4 Å². The van der Waals surface area contributed by atoms with Crippen LogP contribution in [0.1, 0.15) is 5.56 Å². The van der Waals surface area contributed by atoms with Crippen molar-refractivity contribution in [2.75, 3.05) is 36.3 Å². The second-order valence-corrected chi connectivity index (χ2v) is 8.54. The molecular formula is C18H16ClN5O4S. The highest BCUT2D eigenvalue weighted by Gasteiger charge is 2.22. The van der Waals surface area contributed by atoms with Gasteiger partial charge in [-0.1, -0.05) is 6.07 Å². The third kappa shape index (κ3) is 3.65. The van der Waals surface area contributed by atoms with Gasteiger partial charge in [-0.15, -0.1) is 0 Å². The summed E-state index contributed by atoms with van der Waals surface area (Å²) < 4.78 is 28.3. The molecule has 1 aromatic carbocycles. The molecule has 2 aliphatic rings. The molecule has 3 aromatic rings. The molecule has 0 spiro atoms. The summed E-state index contributed by atoms with van der Waals surface area (Å²) in [6, 6.07) is 5.61. The van der Waals surface area contributed by atoms with E-state index in [0.29, 0.717) is 58.8 Å². The predicted octanol–water partition coefficient (Wildman–Crippen LogP) is 1.95. The fourth-order valence-electron chi connectivity index (χ4n) is 3.24. The van der Waals surface area contributed by atoms with Crippen LogP contribution >= 0.6 is 11.6 Å². The Hall–Kier alpha value is -2.72. The Morgan fingerprint density at radius 2 is 1.93 bits per heavy atom. The fourth-order valence-corrected chi connectivity index (χ4v) is 4.46. The molecule has 150 valence electrons. The zero-order chi connectivity index (χ0) is 19.8. The number of ether oxygens (including phenoxy) is 3. The number of hydrogen-bond donors (Lipinski definition) is 0. The quantitative estimate of drug-likeness (QED) is 0.571. The van der Waals surface area contributed by atoms with Crippen molar-refractivity contribution in [3.63, 3.8) is 0 Å². The number of fused-ring (bicyclic) bond motifs is 2. The molecule has 11 heteroatoms. The molecule has 0 unspecified atom stereocenters.